The molecule has 1 rings (SSSR count). The van der Waals surface area contributed by atoms with Crippen molar-refractivity contribution in [2.24, 2.45) is 0 Å². The van der Waals surface area contributed by atoms with Crippen LogP contribution in [0.2, 0.25) is 0 Å². The molecule has 1 heterocycles. The Morgan fingerprint density at radius 3 is 2.93 bits per heavy atom. The number of aliphatic hydroxyl groups excluding tert-OH is 1. The third kappa shape index (κ3) is 3.12. The first kappa shape index (κ1) is 11.2. The van der Waals surface area contributed by atoms with E-state index in [0.717, 1.165) is 12.5 Å². The van der Waals surface area contributed by atoms with E-state index < -0.39 is 18.2 Å². The van der Waals surface area contributed by atoms with Crippen LogP contribution < -0.4 is 0 Å². The van der Waals surface area contributed by atoms with E-state index in [2.05, 4.69) is 6.58 Å². The van der Waals surface area contributed by atoms with Crippen LogP contribution in [0.15, 0.2) is 12.7 Å². The number of hydrogen-bond donors (Lipinski definition) is 1. The molecule has 0 aromatic rings. The van der Waals surface area contributed by atoms with E-state index in [1.54, 1.807) is 0 Å². The summed E-state index contributed by atoms with van der Waals surface area (Å²) in [6.07, 6.45) is 1.22. The highest BCUT2D eigenvalue weighted by atomic mass is 16.6. The molecule has 4 heteroatoms. The van der Waals surface area contributed by atoms with Crippen molar-refractivity contribution in [2.75, 3.05) is 6.61 Å². The first-order chi connectivity index (χ1) is 6.69. The number of ether oxygens (including phenoxy) is 2. The Morgan fingerprint density at radius 1 is 1.86 bits per heavy atom. The highest BCUT2D eigenvalue weighted by Crippen LogP contribution is 2.22. The van der Waals surface area contributed by atoms with Gasteiger partial charge in [-0.15, -0.1) is 0 Å². The lowest BCUT2D eigenvalue weighted by Crippen LogP contribution is -2.35. The van der Waals surface area contributed by atoms with Crippen LogP contribution in [-0.2, 0) is 14.3 Å². The Morgan fingerprint density at radius 2 is 2.50 bits per heavy atom. The molecule has 0 amide bonds. The fourth-order valence-electron chi connectivity index (χ4n) is 1.29. The maximum Gasteiger partial charge on any atom is 0.330 e. The third-order valence-corrected chi connectivity index (χ3v) is 2.11. The lowest BCUT2D eigenvalue weighted by molar-refractivity contribution is -0.150. The largest absolute Gasteiger partial charge is 0.454 e. The predicted octanol–water partition coefficient (Wildman–Crippen LogP) is 0.644. The van der Waals surface area contributed by atoms with Gasteiger partial charge in [-0.25, -0.2) is 4.79 Å². The summed E-state index contributed by atoms with van der Waals surface area (Å²) in [5, 5.41) is 9.67. The van der Waals surface area contributed by atoms with Gasteiger partial charge in [0, 0.05) is 6.08 Å². The number of aliphatic hydroxyl groups is 1. The van der Waals surface area contributed by atoms with Crippen LogP contribution in [0.1, 0.15) is 19.8 Å². The normalized spacial score (nSPS) is 23.7. The molecule has 1 N–H and O–H groups in total. The summed E-state index contributed by atoms with van der Waals surface area (Å²) in [5.74, 6) is -0.513. The lowest BCUT2D eigenvalue weighted by atomic mass is 10.1. The van der Waals surface area contributed by atoms with E-state index in [1.165, 1.54) is 0 Å². The quantitative estimate of drug-likeness (QED) is 0.388. The topological polar surface area (TPSA) is 59.1 Å². The summed E-state index contributed by atoms with van der Waals surface area (Å²) in [6.45, 7) is 5.81. The maximum atomic E-state index is 11.0. The SMILES string of the molecule is C=CC(=O)OC(C(O)CCC)C1CO1. The van der Waals surface area contributed by atoms with Crippen molar-refractivity contribution in [3.63, 3.8) is 0 Å². The second-order valence-corrected chi connectivity index (χ2v) is 3.33. The fraction of sp³-hybridized carbons (Fsp3) is 0.700. The first-order valence-electron chi connectivity index (χ1n) is 4.81. The maximum absolute atomic E-state index is 11.0. The third-order valence-electron chi connectivity index (χ3n) is 2.11. The summed E-state index contributed by atoms with van der Waals surface area (Å²) in [6, 6.07) is 0. The Hall–Kier alpha value is -0.870. The molecule has 0 aromatic heterocycles. The molecule has 0 aromatic carbocycles. The van der Waals surface area contributed by atoms with Gasteiger partial charge in [-0.1, -0.05) is 19.9 Å². The zero-order chi connectivity index (χ0) is 10.6. The second-order valence-electron chi connectivity index (χ2n) is 3.33. The monoisotopic (exact) mass is 200 g/mol. The van der Waals surface area contributed by atoms with Crippen LogP contribution in [0.4, 0.5) is 0 Å². The van der Waals surface area contributed by atoms with Gasteiger partial charge in [-0.05, 0) is 6.42 Å². The van der Waals surface area contributed by atoms with Gasteiger partial charge in [0.05, 0.1) is 12.7 Å². The minimum absolute atomic E-state index is 0.138. The lowest BCUT2D eigenvalue weighted by Gasteiger charge is -2.20. The minimum Gasteiger partial charge on any atom is -0.454 e. The number of hydrogen-bond acceptors (Lipinski definition) is 4. The molecule has 14 heavy (non-hydrogen) atoms. The van der Waals surface area contributed by atoms with Crippen LogP contribution in [0.5, 0.6) is 0 Å². The molecule has 80 valence electrons. The highest BCUT2D eigenvalue weighted by molar-refractivity contribution is 5.81. The highest BCUT2D eigenvalue weighted by Gasteiger charge is 2.39. The molecule has 0 aliphatic carbocycles. The van der Waals surface area contributed by atoms with Crippen LogP contribution in [0, 0.1) is 0 Å². The molecule has 1 aliphatic rings. The Kier molecular flexibility index (Phi) is 4.10. The fourth-order valence-corrected chi connectivity index (χ4v) is 1.29. The predicted molar refractivity (Wildman–Crippen MR) is 50.7 cm³/mol. The van der Waals surface area contributed by atoms with Crippen molar-refractivity contribution in [1.82, 2.24) is 0 Å². The molecule has 1 aliphatic heterocycles. The second kappa shape index (κ2) is 5.12. The molecule has 1 saturated heterocycles. The molecule has 0 saturated carbocycles. The number of epoxide rings is 1. The zero-order valence-corrected chi connectivity index (χ0v) is 8.31. The van der Waals surface area contributed by atoms with Gasteiger partial charge >= 0.3 is 5.97 Å². The molecular weight excluding hydrogens is 184 g/mol. The van der Waals surface area contributed by atoms with Crippen molar-refractivity contribution in [3.8, 4) is 0 Å². The van der Waals surface area contributed by atoms with Gasteiger partial charge in [-0.3, -0.25) is 0 Å². The molecule has 3 atom stereocenters. The van der Waals surface area contributed by atoms with Crippen LogP contribution in [0.25, 0.3) is 0 Å². The Labute approximate surface area is 83.5 Å². The summed E-state index contributed by atoms with van der Waals surface area (Å²) in [7, 11) is 0. The average Bonchev–Trinajstić information content (AvgIpc) is 2.97. The van der Waals surface area contributed by atoms with Gasteiger partial charge in [0.15, 0.2) is 6.10 Å². The van der Waals surface area contributed by atoms with Gasteiger partial charge in [0.1, 0.15) is 6.10 Å². The molecule has 0 radical (unpaired) electrons. The summed E-state index contributed by atoms with van der Waals surface area (Å²) >= 11 is 0. The zero-order valence-electron chi connectivity index (χ0n) is 8.31. The first-order valence-corrected chi connectivity index (χ1v) is 4.81. The number of rotatable bonds is 6. The summed E-state index contributed by atoms with van der Waals surface area (Å²) < 4.78 is 10.0. The summed E-state index contributed by atoms with van der Waals surface area (Å²) in [5.41, 5.74) is 0. The minimum atomic E-state index is -0.642. The van der Waals surface area contributed by atoms with E-state index in [-0.39, 0.29) is 6.10 Å². The molecule has 4 nitrogen and oxygen atoms in total. The van der Waals surface area contributed by atoms with Crippen LogP contribution in [0.3, 0.4) is 0 Å². The van der Waals surface area contributed by atoms with E-state index in [4.69, 9.17) is 9.47 Å². The number of carbonyl (C=O) groups is 1. The van der Waals surface area contributed by atoms with Crippen molar-refractivity contribution in [3.05, 3.63) is 12.7 Å². The van der Waals surface area contributed by atoms with Gasteiger partial charge < -0.3 is 14.6 Å². The van der Waals surface area contributed by atoms with E-state index >= 15 is 0 Å². The number of carbonyl (C=O) groups excluding carboxylic acids is 1. The van der Waals surface area contributed by atoms with Gasteiger partial charge in [0.2, 0.25) is 0 Å². The smallest absolute Gasteiger partial charge is 0.330 e. The van der Waals surface area contributed by atoms with E-state index in [0.29, 0.717) is 13.0 Å². The Balaban J connectivity index is 2.45. The molecule has 1 fully saturated rings. The molecule has 0 bridgehead atoms. The van der Waals surface area contributed by atoms with Crippen LogP contribution >= 0.6 is 0 Å². The van der Waals surface area contributed by atoms with E-state index in [9.17, 15) is 9.90 Å². The van der Waals surface area contributed by atoms with Crippen molar-refractivity contribution in [2.45, 2.75) is 38.1 Å². The molecule has 3 unspecified atom stereocenters. The molecule has 0 spiro atoms. The van der Waals surface area contributed by atoms with Gasteiger partial charge in [0.25, 0.3) is 0 Å². The van der Waals surface area contributed by atoms with Crippen molar-refractivity contribution in [1.29, 1.82) is 0 Å². The molecular formula is C10H16O4. The average molecular weight is 200 g/mol. The van der Waals surface area contributed by atoms with Gasteiger partial charge in [-0.2, -0.15) is 0 Å². The standard InChI is InChI=1S/C10H16O4/c1-3-5-7(11)10(8-6-13-8)14-9(12)4-2/h4,7-8,10-11H,2-3,5-6H2,1H3. The van der Waals surface area contributed by atoms with Crippen molar-refractivity contribution >= 4 is 5.97 Å². The van der Waals surface area contributed by atoms with Crippen molar-refractivity contribution < 1.29 is 19.4 Å². The Bertz CT molecular complexity index is 210. The van der Waals surface area contributed by atoms with E-state index in [1.807, 2.05) is 6.92 Å². The number of esters is 1. The van der Waals surface area contributed by atoms with Crippen LogP contribution in [-0.4, -0.2) is 36.0 Å². The summed E-state index contributed by atoms with van der Waals surface area (Å²) in [4.78, 5) is 11.0.